The first-order valence-corrected chi connectivity index (χ1v) is 4.40. The van der Waals surface area contributed by atoms with Crippen molar-refractivity contribution in [2.24, 2.45) is 0 Å². The highest BCUT2D eigenvalue weighted by atomic mass is 19.1. The van der Waals surface area contributed by atoms with Gasteiger partial charge in [-0.15, -0.1) is 0 Å². The van der Waals surface area contributed by atoms with E-state index >= 15 is 0 Å². The molecular formula is C10H11F2N. The number of benzene rings is 1. The van der Waals surface area contributed by atoms with Crippen molar-refractivity contribution in [3.05, 3.63) is 30.1 Å². The Morgan fingerprint density at radius 1 is 1.38 bits per heavy atom. The zero-order chi connectivity index (χ0) is 9.26. The maximum Gasteiger partial charge on any atom is 0.125 e. The maximum absolute atomic E-state index is 12.8. The number of nitrogens with zero attached hydrogens (tertiary/aromatic N) is 1. The molecule has 0 N–H and O–H groups in total. The minimum Gasteiger partial charge on any atom is -0.368 e. The number of alkyl halides is 1. The van der Waals surface area contributed by atoms with Gasteiger partial charge in [-0.05, 0) is 24.6 Å². The summed E-state index contributed by atoms with van der Waals surface area (Å²) < 4.78 is 25.6. The molecule has 0 saturated carbocycles. The van der Waals surface area contributed by atoms with Crippen molar-refractivity contribution in [1.29, 1.82) is 0 Å². The highest BCUT2D eigenvalue weighted by molar-refractivity contribution is 5.47. The minimum absolute atomic E-state index is 0.264. The molecule has 0 aromatic heterocycles. The Labute approximate surface area is 76.0 Å². The van der Waals surface area contributed by atoms with Crippen LogP contribution in [0.25, 0.3) is 0 Å². The third-order valence-electron chi connectivity index (χ3n) is 2.30. The lowest BCUT2D eigenvalue weighted by atomic mass is 10.3. The number of rotatable bonds is 1. The van der Waals surface area contributed by atoms with Gasteiger partial charge in [0.05, 0.1) is 0 Å². The fourth-order valence-electron chi connectivity index (χ4n) is 1.62. The third kappa shape index (κ3) is 1.79. The molecule has 0 aliphatic carbocycles. The molecule has 0 radical (unpaired) electrons. The largest absolute Gasteiger partial charge is 0.368 e. The van der Waals surface area contributed by atoms with Gasteiger partial charge in [0, 0.05) is 18.8 Å². The molecule has 1 fully saturated rings. The Morgan fingerprint density at radius 2 is 2.23 bits per heavy atom. The molecule has 2 rings (SSSR count). The van der Waals surface area contributed by atoms with Crippen molar-refractivity contribution in [3.8, 4) is 0 Å². The van der Waals surface area contributed by atoms with Crippen LogP contribution in [0.5, 0.6) is 0 Å². The van der Waals surface area contributed by atoms with E-state index in [0.717, 1.165) is 5.69 Å². The number of anilines is 1. The van der Waals surface area contributed by atoms with E-state index in [0.29, 0.717) is 19.5 Å². The number of halogens is 2. The fourth-order valence-corrected chi connectivity index (χ4v) is 1.62. The van der Waals surface area contributed by atoms with E-state index in [2.05, 4.69) is 0 Å². The summed E-state index contributed by atoms with van der Waals surface area (Å²) in [5, 5.41) is 0. The molecule has 1 aliphatic rings. The average Bonchev–Trinajstić information content (AvgIpc) is 2.52. The summed E-state index contributed by atoms with van der Waals surface area (Å²) in [7, 11) is 0. The molecule has 1 nitrogen and oxygen atoms in total. The average molecular weight is 183 g/mol. The van der Waals surface area contributed by atoms with Crippen LogP contribution in [0.1, 0.15) is 6.42 Å². The lowest BCUT2D eigenvalue weighted by Gasteiger charge is -2.16. The summed E-state index contributed by atoms with van der Waals surface area (Å²) in [6, 6.07) is 6.29. The van der Waals surface area contributed by atoms with Gasteiger partial charge < -0.3 is 4.90 Å². The Morgan fingerprint density at radius 3 is 2.85 bits per heavy atom. The van der Waals surface area contributed by atoms with Gasteiger partial charge in [-0.25, -0.2) is 8.78 Å². The van der Waals surface area contributed by atoms with Gasteiger partial charge in [-0.2, -0.15) is 0 Å². The second kappa shape index (κ2) is 3.32. The summed E-state index contributed by atoms with van der Waals surface area (Å²) >= 11 is 0. The first kappa shape index (κ1) is 8.48. The first-order chi connectivity index (χ1) is 6.25. The SMILES string of the molecule is Fc1cccc(N2CC[C@H](F)C2)c1. The van der Waals surface area contributed by atoms with Crippen LogP contribution in [0.3, 0.4) is 0 Å². The minimum atomic E-state index is -0.761. The molecule has 70 valence electrons. The van der Waals surface area contributed by atoms with Crippen LogP contribution in [0, 0.1) is 5.82 Å². The van der Waals surface area contributed by atoms with Crippen LogP contribution in [-0.4, -0.2) is 19.3 Å². The van der Waals surface area contributed by atoms with Crippen LogP contribution < -0.4 is 4.90 Å². The van der Waals surface area contributed by atoms with E-state index in [1.807, 2.05) is 4.90 Å². The smallest absolute Gasteiger partial charge is 0.125 e. The van der Waals surface area contributed by atoms with Crippen LogP contribution in [0.15, 0.2) is 24.3 Å². The van der Waals surface area contributed by atoms with Gasteiger partial charge in [-0.3, -0.25) is 0 Å². The fraction of sp³-hybridized carbons (Fsp3) is 0.400. The second-order valence-corrected chi connectivity index (χ2v) is 3.31. The zero-order valence-electron chi connectivity index (χ0n) is 7.21. The molecule has 0 unspecified atom stereocenters. The van der Waals surface area contributed by atoms with Gasteiger partial charge in [0.25, 0.3) is 0 Å². The van der Waals surface area contributed by atoms with Gasteiger partial charge in [0.2, 0.25) is 0 Å². The molecule has 0 spiro atoms. The molecule has 1 saturated heterocycles. The molecule has 1 aromatic carbocycles. The van der Waals surface area contributed by atoms with E-state index in [1.54, 1.807) is 12.1 Å². The molecule has 1 aliphatic heterocycles. The third-order valence-corrected chi connectivity index (χ3v) is 2.30. The second-order valence-electron chi connectivity index (χ2n) is 3.31. The van der Waals surface area contributed by atoms with Gasteiger partial charge >= 0.3 is 0 Å². The predicted molar refractivity (Wildman–Crippen MR) is 48.1 cm³/mol. The van der Waals surface area contributed by atoms with E-state index in [9.17, 15) is 8.78 Å². The van der Waals surface area contributed by atoms with Crippen molar-refractivity contribution in [2.75, 3.05) is 18.0 Å². The summed E-state index contributed by atoms with van der Waals surface area (Å²) in [6.07, 6.45) is -0.209. The molecule has 1 aromatic rings. The van der Waals surface area contributed by atoms with Crippen LogP contribution in [0.4, 0.5) is 14.5 Å². The molecule has 0 amide bonds. The Kier molecular flexibility index (Phi) is 2.17. The van der Waals surface area contributed by atoms with Crippen LogP contribution in [-0.2, 0) is 0 Å². The van der Waals surface area contributed by atoms with Gasteiger partial charge in [-0.1, -0.05) is 6.07 Å². The Bertz CT molecular complexity index is 301. The highest BCUT2D eigenvalue weighted by Gasteiger charge is 2.21. The van der Waals surface area contributed by atoms with Crippen molar-refractivity contribution < 1.29 is 8.78 Å². The molecule has 1 heterocycles. The van der Waals surface area contributed by atoms with E-state index in [4.69, 9.17) is 0 Å². The Balaban J connectivity index is 2.16. The summed E-state index contributed by atoms with van der Waals surface area (Å²) in [6.45, 7) is 1.08. The van der Waals surface area contributed by atoms with Crippen molar-refractivity contribution >= 4 is 5.69 Å². The lowest BCUT2D eigenvalue weighted by molar-refractivity contribution is 0.364. The standard InChI is InChI=1S/C10H11F2N/c11-8-2-1-3-10(6-8)13-5-4-9(12)7-13/h1-3,6,9H,4-5,7H2/t9-/m0/s1. The predicted octanol–water partition coefficient (Wildman–Crippen LogP) is 2.37. The molecule has 0 bridgehead atoms. The summed E-state index contributed by atoms with van der Waals surface area (Å²) in [5.74, 6) is -0.264. The quantitative estimate of drug-likeness (QED) is 0.646. The number of hydrogen-bond acceptors (Lipinski definition) is 1. The van der Waals surface area contributed by atoms with E-state index in [1.165, 1.54) is 12.1 Å². The lowest BCUT2D eigenvalue weighted by Crippen LogP contribution is -2.19. The van der Waals surface area contributed by atoms with E-state index in [-0.39, 0.29) is 5.82 Å². The molecule has 3 heteroatoms. The summed E-state index contributed by atoms with van der Waals surface area (Å²) in [4.78, 5) is 1.87. The van der Waals surface area contributed by atoms with Crippen molar-refractivity contribution in [2.45, 2.75) is 12.6 Å². The van der Waals surface area contributed by atoms with Gasteiger partial charge in [0.1, 0.15) is 12.0 Å². The first-order valence-electron chi connectivity index (χ1n) is 4.40. The van der Waals surface area contributed by atoms with Crippen molar-refractivity contribution in [1.82, 2.24) is 0 Å². The maximum atomic E-state index is 12.8. The normalized spacial score (nSPS) is 22.3. The van der Waals surface area contributed by atoms with Gasteiger partial charge in [0.15, 0.2) is 0 Å². The Hall–Kier alpha value is -1.12. The molecule has 1 atom stereocenters. The molecular weight excluding hydrogens is 172 g/mol. The zero-order valence-corrected chi connectivity index (χ0v) is 7.21. The topological polar surface area (TPSA) is 3.24 Å². The number of hydrogen-bond donors (Lipinski definition) is 0. The van der Waals surface area contributed by atoms with Crippen LogP contribution in [0.2, 0.25) is 0 Å². The summed E-state index contributed by atoms with van der Waals surface area (Å²) in [5.41, 5.74) is 0.778. The van der Waals surface area contributed by atoms with E-state index < -0.39 is 6.17 Å². The molecule has 13 heavy (non-hydrogen) atoms. The van der Waals surface area contributed by atoms with Crippen molar-refractivity contribution in [3.63, 3.8) is 0 Å². The highest BCUT2D eigenvalue weighted by Crippen LogP contribution is 2.22. The van der Waals surface area contributed by atoms with Crippen LogP contribution >= 0.6 is 0 Å². The monoisotopic (exact) mass is 183 g/mol.